The number of allylic oxidation sites excluding steroid dienone is 1. The van der Waals surface area contributed by atoms with Crippen molar-refractivity contribution in [2.24, 2.45) is 10.3 Å². The molecule has 0 saturated carbocycles. The van der Waals surface area contributed by atoms with Gasteiger partial charge in [0.15, 0.2) is 0 Å². The average Bonchev–Trinajstić information content (AvgIpc) is 3.06. The third-order valence-corrected chi connectivity index (χ3v) is 4.07. The summed E-state index contributed by atoms with van der Waals surface area (Å²) in [5.41, 5.74) is 5.11. The van der Waals surface area contributed by atoms with Gasteiger partial charge < -0.3 is 10.1 Å². The van der Waals surface area contributed by atoms with E-state index in [1.54, 1.807) is 26.0 Å². The molecule has 0 aromatic heterocycles. The van der Waals surface area contributed by atoms with Crippen molar-refractivity contribution >= 4 is 23.5 Å². The van der Waals surface area contributed by atoms with Crippen molar-refractivity contribution in [2.75, 3.05) is 25.0 Å². The first-order chi connectivity index (χ1) is 13.7. The number of ketones is 1. The fourth-order valence-corrected chi connectivity index (χ4v) is 2.86. The lowest BCUT2D eigenvalue weighted by Crippen LogP contribution is -2.33. The second kappa shape index (κ2) is 10.9. The van der Waals surface area contributed by atoms with E-state index in [4.69, 9.17) is 4.74 Å². The molecule has 0 aliphatic carbocycles. The van der Waals surface area contributed by atoms with Crippen molar-refractivity contribution in [2.45, 2.75) is 40.7 Å². The second-order valence-corrected chi connectivity index (χ2v) is 6.23. The lowest BCUT2D eigenvalue weighted by atomic mass is 9.96. The quantitative estimate of drug-likeness (QED) is 0.314. The van der Waals surface area contributed by atoms with Crippen molar-refractivity contribution in [3.8, 4) is 0 Å². The van der Waals surface area contributed by atoms with Gasteiger partial charge in [0.2, 0.25) is 11.7 Å². The number of anilines is 1. The molecule has 9 nitrogen and oxygen atoms in total. The molecule has 1 aliphatic heterocycles. The number of amides is 2. The molecule has 1 atom stereocenters. The monoisotopic (exact) mass is 403 g/mol. The van der Waals surface area contributed by atoms with E-state index in [-0.39, 0.29) is 23.9 Å². The topological polar surface area (TPSA) is 112 Å². The van der Waals surface area contributed by atoms with Gasteiger partial charge in [-0.15, -0.1) is 0 Å². The number of benzene rings is 1. The van der Waals surface area contributed by atoms with Gasteiger partial charge in [0.1, 0.15) is 6.10 Å². The van der Waals surface area contributed by atoms with Crippen LogP contribution in [0.15, 0.2) is 34.7 Å². The second-order valence-electron chi connectivity index (χ2n) is 6.23. The lowest BCUT2D eigenvalue weighted by Gasteiger charge is -2.17. The van der Waals surface area contributed by atoms with Crippen LogP contribution in [0.25, 0.3) is 0 Å². The highest BCUT2D eigenvalue weighted by molar-refractivity contribution is 6.10. The van der Waals surface area contributed by atoms with Gasteiger partial charge in [0, 0.05) is 18.2 Å². The molecule has 158 valence electrons. The van der Waals surface area contributed by atoms with Gasteiger partial charge >= 0.3 is 6.09 Å². The number of hydrogen-bond acceptors (Lipinski definition) is 6. The maximum atomic E-state index is 12.6. The van der Waals surface area contributed by atoms with Gasteiger partial charge in [-0.05, 0) is 37.1 Å². The van der Waals surface area contributed by atoms with Gasteiger partial charge in [-0.3, -0.25) is 19.9 Å². The number of hydrogen-bond donors (Lipinski definition) is 2. The van der Waals surface area contributed by atoms with Crippen molar-refractivity contribution in [3.05, 3.63) is 41.1 Å². The average molecular weight is 403 g/mol. The number of ether oxygens (including phenoxy) is 1. The molecule has 0 spiro atoms. The molecular formula is C20H29N5O4. The van der Waals surface area contributed by atoms with Crippen molar-refractivity contribution < 1.29 is 19.1 Å². The molecule has 0 bridgehead atoms. The summed E-state index contributed by atoms with van der Waals surface area (Å²) in [7, 11) is 1.48. The minimum absolute atomic E-state index is 0.107. The molecule has 1 fully saturated rings. The standard InChI is InChI=1S/C18H23N5O4.C2H6/c1-10-6-14(23-9-15(27-18(23)26)8-20-13(4)24)7-11(2)16(10)17(25)12(3)21-22-19-5;1-2/h6-7,15H,3,8-9H2,1-2,4-5H3,(H,19,21)(H,20,24);1-2H3. The molecule has 2 amide bonds. The third-order valence-electron chi connectivity index (χ3n) is 4.07. The Morgan fingerprint density at radius 3 is 2.38 bits per heavy atom. The van der Waals surface area contributed by atoms with Crippen LogP contribution in [0.2, 0.25) is 0 Å². The smallest absolute Gasteiger partial charge is 0.414 e. The van der Waals surface area contributed by atoms with E-state index in [0.29, 0.717) is 28.9 Å². The predicted octanol–water partition coefficient (Wildman–Crippen LogP) is 3.07. The largest absolute Gasteiger partial charge is 0.442 e. The molecule has 1 unspecified atom stereocenters. The minimum Gasteiger partial charge on any atom is -0.442 e. The Hall–Kier alpha value is -3.23. The van der Waals surface area contributed by atoms with Gasteiger partial charge in [-0.2, -0.15) is 5.11 Å². The zero-order chi connectivity index (χ0) is 22.1. The van der Waals surface area contributed by atoms with E-state index in [1.165, 1.54) is 18.9 Å². The Morgan fingerprint density at radius 2 is 1.86 bits per heavy atom. The molecule has 1 heterocycles. The molecule has 1 aromatic rings. The fourth-order valence-electron chi connectivity index (χ4n) is 2.86. The summed E-state index contributed by atoms with van der Waals surface area (Å²) in [6.07, 6.45) is -0.913. The van der Waals surface area contributed by atoms with Crippen LogP contribution in [-0.2, 0) is 9.53 Å². The fraction of sp³-hybridized carbons (Fsp3) is 0.450. The summed E-state index contributed by atoms with van der Waals surface area (Å²) in [5, 5.41) is 9.72. The van der Waals surface area contributed by atoms with E-state index in [1.807, 2.05) is 13.8 Å². The van der Waals surface area contributed by atoms with E-state index in [2.05, 4.69) is 27.7 Å². The number of Topliss-reactive ketones (excluding diaryl/α,β-unsaturated/α-hetero) is 1. The molecule has 2 N–H and O–H groups in total. The van der Waals surface area contributed by atoms with Gasteiger partial charge in [0.25, 0.3) is 0 Å². The highest BCUT2D eigenvalue weighted by Gasteiger charge is 2.33. The third kappa shape index (κ3) is 6.13. The molecule has 9 heteroatoms. The number of nitrogens with one attached hydrogen (secondary N) is 2. The summed E-state index contributed by atoms with van der Waals surface area (Å²) < 4.78 is 5.28. The Bertz CT molecular complexity index is 796. The Morgan fingerprint density at radius 1 is 1.28 bits per heavy atom. The summed E-state index contributed by atoms with van der Waals surface area (Å²) in [4.78, 5) is 37.3. The normalized spacial score (nSPS) is 15.4. The number of carbonyl (C=O) groups excluding carboxylic acids is 3. The predicted molar refractivity (Wildman–Crippen MR) is 111 cm³/mol. The van der Waals surface area contributed by atoms with Crippen LogP contribution < -0.4 is 15.6 Å². The minimum atomic E-state index is -0.488. The summed E-state index contributed by atoms with van der Waals surface area (Å²) in [6, 6.07) is 3.49. The zero-order valence-corrected chi connectivity index (χ0v) is 17.8. The number of aryl methyl sites for hydroxylation is 2. The molecule has 2 rings (SSSR count). The first-order valence-electron chi connectivity index (χ1n) is 9.36. The maximum absolute atomic E-state index is 12.6. The highest BCUT2D eigenvalue weighted by Crippen LogP contribution is 2.28. The molecule has 1 aliphatic rings. The Labute approximate surface area is 171 Å². The summed E-state index contributed by atoms with van der Waals surface area (Å²) in [6.45, 7) is 13.2. The Kier molecular flexibility index (Phi) is 8.98. The van der Waals surface area contributed by atoms with Crippen LogP contribution in [0, 0.1) is 13.8 Å². The van der Waals surface area contributed by atoms with Gasteiger partial charge in [-0.1, -0.05) is 25.6 Å². The highest BCUT2D eigenvalue weighted by atomic mass is 16.6. The van der Waals surface area contributed by atoms with Crippen LogP contribution in [0.3, 0.4) is 0 Å². The van der Waals surface area contributed by atoms with Gasteiger partial charge in [0.05, 0.1) is 25.8 Å². The van der Waals surface area contributed by atoms with E-state index >= 15 is 0 Å². The molecule has 0 radical (unpaired) electrons. The van der Waals surface area contributed by atoms with Crippen LogP contribution >= 0.6 is 0 Å². The molecule has 29 heavy (non-hydrogen) atoms. The van der Waals surface area contributed by atoms with Crippen LogP contribution in [-0.4, -0.2) is 44.0 Å². The number of rotatable bonds is 7. The maximum Gasteiger partial charge on any atom is 0.414 e. The molecule has 1 saturated heterocycles. The zero-order valence-electron chi connectivity index (χ0n) is 17.8. The first kappa shape index (κ1) is 23.8. The van der Waals surface area contributed by atoms with Crippen LogP contribution in [0.5, 0.6) is 0 Å². The number of nitrogens with zero attached hydrogens (tertiary/aromatic N) is 3. The number of cyclic esters (lactones) is 1. The van der Waals surface area contributed by atoms with E-state index in [9.17, 15) is 14.4 Å². The lowest BCUT2D eigenvalue weighted by molar-refractivity contribution is -0.119. The first-order valence-corrected chi connectivity index (χ1v) is 9.36. The SMILES string of the molecule is C=C(NN=NC)C(=O)c1c(C)cc(N2CC(CNC(C)=O)OC2=O)cc1C.CC. The summed E-state index contributed by atoms with van der Waals surface area (Å²) in [5.74, 6) is -0.480. The van der Waals surface area contributed by atoms with E-state index in [0.717, 1.165) is 0 Å². The van der Waals surface area contributed by atoms with Gasteiger partial charge in [-0.25, -0.2) is 4.79 Å². The number of carbonyl (C=O) groups is 3. The van der Waals surface area contributed by atoms with Crippen LogP contribution in [0.1, 0.15) is 42.3 Å². The Balaban J connectivity index is 0.00000204. The van der Waals surface area contributed by atoms with Crippen molar-refractivity contribution in [1.82, 2.24) is 10.7 Å². The van der Waals surface area contributed by atoms with Crippen LogP contribution in [0.4, 0.5) is 10.5 Å². The van der Waals surface area contributed by atoms with Crippen molar-refractivity contribution in [3.63, 3.8) is 0 Å². The van der Waals surface area contributed by atoms with Crippen molar-refractivity contribution in [1.29, 1.82) is 0 Å². The van der Waals surface area contributed by atoms with E-state index < -0.39 is 12.2 Å². The molecule has 1 aromatic carbocycles. The summed E-state index contributed by atoms with van der Waals surface area (Å²) >= 11 is 0. The molecular weight excluding hydrogens is 374 g/mol.